The molecule has 2 aromatic rings. The molecule has 1 aliphatic rings. The zero-order chi connectivity index (χ0) is 16.7. The molecule has 2 N–H and O–H groups in total. The maximum atomic E-state index is 12.4. The molecule has 0 bridgehead atoms. The number of rotatable bonds is 4. The minimum Gasteiger partial charge on any atom is -0.408 e. The molecule has 0 radical (unpaired) electrons. The van der Waals surface area contributed by atoms with Gasteiger partial charge in [0.05, 0.1) is 16.0 Å². The first-order chi connectivity index (χ1) is 10.8. The number of oxazole rings is 1. The molecule has 1 atom stereocenters. The van der Waals surface area contributed by atoms with Crippen molar-refractivity contribution in [2.45, 2.75) is 37.2 Å². The Bertz CT molecular complexity index is 865. The Morgan fingerprint density at radius 2 is 2.17 bits per heavy atom. The summed E-state index contributed by atoms with van der Waals surface area (Å²) in [5.74, 6) is -0.366. The van der Waals surface area contributed by atoms with Gasteiger partial charge in [-0.05, 0) is 44.7 Å². The minimum atomic E-state index is -3.65. The topological polar surface area (TPSA) is 101 Å². The minimum absolute atomic E-state index is 0.0825. The Hall–Kier alpha value is -1.64. The molecule has 0 aliphatic carbocycles. The van der Waals surface area contributed by atoms with Crippen LogP contribution in [0, 0.1) is 5.92 Å². The maximum Gasteiger partial charge on any atom is 0.417 e. The van der Waals surface area contributed by atoms with Gasteiger partial charge in [0.2, 0.25) is 10.0 Å². The van der Waals surface area contributed by atoms with Crippen molar-refractivity contribution >= 4 is 21.1 Å². The van der Waals surface area contributed by atoms with E-state index in [-0.39, 0.29) is 22.0 Å². The molecule has 1 fully saturated rings. The van der Waals surface area contributed by atoms with E-state index >= 15 is 0 Å². The number of sulfonamides is 1. The van der Waals surface area contributed by atoms with Crippen molar-refractivity contribution in [3.8, 4) is 0 Å². The van der Waals surface area contributed by atoms with Gasteiger partial charge in [-0.3, -0.25) is 4.98 Å². The number of aromatic amines is 1. The Labute approximate surface area is 134 Å². The van der Waals surface area contributed by atoms with Crippen molar-refractivity contribution in [2.24, 2.45) is 5.92 Å². The lowest BCUT2D eigenvalue weighted by molar-refractivity contribution is -0.0711. The highest BCUT2D eigenvalue weighted by atomic mass is 32.2. The third-order valence-corrected chi connectivity index (χ3v) is 5.49. The van der Waals surface area contributed by atoms with Crippen LogP contribution in [-0.4, -0.2) is 32.2 Å². The summed E-state index contributed by atoms with van der Waals surface area (Å²) in [7, 11) is -3.65. The van der Waals surface area contributed by atoms with Crippen molar-refractivity contribution in [1.82, 2.24) is 9.71 Å². The molecule has 7 nitrogen and oxygen atoms in total. The highest BCUT2D eigenvalue weighted by Gasteiger charge is 2.29. The summed E-state index contributed by atoms with van der Waals surface area (Å²) in [6, 6.07) is 4.32. The largest absolute Gasteiger partial charge is 0.417 e. The van der Waals surface area contributed by atoms with Gasteiger partial charge in [-0.15, -0.1) is 0 Å². The van der Waals surface area contributed by atoms with Crippen LogP contribution in [0.4, 0.5) is 0 Å². The van der Waals surface area contributed by atoms with Crippen LogP contribution in [0.1, 0.15) is 26.7 Å². The lowest BCUT2D eigenvalue weighted by Crippen LogP contribution is -2.39. The molecule has 0 saturated carbocycles. The first-order valence-corrected chi connectivity index (χ1v) is 9.00. The average molecular weight is 340 g/mol. The van der Waals surface area contributed by atoms with Gasteiger partial charge in [0.1, 0.15) is 0 Å². The van der Waals surface area contributed by atoms with E-state index in [2.05, 4.69) is 9.71 Å². The molecular weight excluding hydrogens is 320 g/mol. The molecule has 2 heterocycles. The van der Waals surface area contributed by atoms with Crippen molar-refractivity contribution in [2.75, 3.05) is 13.2 Å². The van der Waals surface area contributed by atoms with Crippen molar-refractivity contribution in [3.05, 3.63) is 28.7 Å². The zero-order valence-electron chi connectivity index (χ0n) is 13.1. The number of fused-ring (bicyclic) bond motifs is 1. The highest BCUT2D eigenvalue weighted by molar-refractivity contribution is 7.89. The molecule has 1 aromatic carbocycles. The number of aromatic nitrogens is 1. The SMILES string of the molecule is CC1(C)CC(CNS(=O)(=O)c2ccc3[nH]c(=O)oc3c2)CCO1. The lowest BCUT2D eigenvalue weighted by Gasteiger charge is -2.35. The fourth-order valence-corrected chi connectivity index (χ4v) is 4.07. The summed E-state index contributed by atoms with van der Waals surface area (Å²) < 4.78 is 38.0. The molecule has 1 aliphatic heterocycles. The Balaban J connectivity index is 1.74. The van der Waals surface area contributed by atoms with Crippen LogP contribution < -0.4 is 10.5 Å². The summed E-state index contributed by atoms with van der Waals surface area (Å²) in [6.45, 7) is 5.02. The van der Waals surface area contributed by atoms with Gasteiger partial charge in [-0.25, -0.2) is 17.9 Å². The number of benzene rings is 1. The second kappa shape index (κ2) is 5.77. The van der Waals surface area contributed by atoms with Crippen molar-refractivity contribution < 1.29 is 17.6 Å². The number of nitrogens with one attached hydrogen (secondary N) is 2. The van der Waals surface area contributed by atoms with Crippen LogP contribution >= 0.6 is 0 Å². The van der Waals surface area contributed by atoms with Gasteiger partial charge < -0.3 is 9.15 Å². The van der Waals surface area contributed by atoms with Crippen LogP contribution in [0.3, 0.4) is 0 Å². The predicted octanol–water partition coefficient (Wildman–Crippen LogP) is 1.60. The normalized spacial score (nSPS) is 21.6. The Morgan fingerprint density at radius 3 is 2.91 bits per heavy atom. The van der Waals surface area contributed by atoms with E-state index < -0.39 is 15.8 Å². The van der Waals surface area contributed by atoms with Gasteiger partial charge >= 0.3 is 5.76 Å². The summed E-state index contributed by atoms with van der Waals surface area (Å²) >= 11 is 0. The van der Waals surface area contributed by atoms with Crippen molar-refractivity contribution in [1.29, 1.82) is 0 Å². The molecule has 1 unspecified atom stereocenters. The Kier molecular flexibility index (Phi) is 4.07. The molecule has 0 spiro atoms. The molecule has 0 amide bonds. The molecule has 3 rings (SSSR count). The quantitative estimate of drug-likeness (QED) is 0.880. The summed E-state index contributed by atoms with van der Waals surface area (Å²) in [5.41, 5.74) is 0.479. The van der Waals surface area contributed by atoms with Gasteiger partial charge in [0.25, 0.3) is 0 Å². The first-order valence-electron chi connectivity index (χ1n) is 7.52. The van der Waals surface area contributed by atoms with Gasteiger partial charge in [0, 0.05) is 19.2 Å². The molecule has 23 heavy (non-hydrogen) atoms. The standard InChI is InChI=1S/C15H20N2O5S/c1-15(2)8-10(5-6-21-15)9-16-23(19,20)11-3-4-12-13(7-11)22-14(18)17-12/h3-4,7,10,16H,5-6,8-9H2,1-2H3,(H,17,18). The molecular formula is C15H20N2O5S. The second-order valence-electron chi connectivity index (χ2n) is 6.49. The van der Waals surface area contributed by atoms with E-state index in [0.717, 1.165) is 12.8 Å². The van der Waals surface area contributed by atoms with E-state index in [9.17, 15) is 13.2 Å². The van der Waals surface area contributed by atoms with Gasteiger partial charge in [0.15, 0.2) is 5.58 Å². The third kappa shape index (κ3) is 3.65. The number of ether oxygens (including phenoxy) is 1. The van der Waals surface area contributed by atoms with E-state index in [1.54, 1.807) is 0 Å². The van der Waals surface area contributed by atoms with Crippen LogP contribution in [0.2, 0.25) is 0 Å². The predicted molar refractivity (Wildman–Crippen MR) is 84.8 cm³/mol. The highest BCUT2D eigenvalue weighted by Crippen LogP contribution is 2.28. The van der Waals surface area contributed by atoms with E-state index in [1.165, 1.54) is 18.2 Å². The summed E-state index contributed by atoms with van der Waals surface area (Å²) in [4.78, 5) is 13.7. The molecule has 8 heteroatoms. The molecule has 1 aromatic heterocycles. The smallest absolute Gasteiger partial charge is 0.408 e. The lowest BCUT2D eigenvalue weighted by atomic mass is 9.89. The van der Waals surface area contributed by atoms with Gasteiger partial charge in [-0.1, -0.05) is 0 Å². The molecule has 1 saturated heterocycles. The second-order valence-corrected chi connectivity index (χ2v) is 8.26. The van der Waals surface area contributed by atoms with Crippen LogP contribution in [-0.2, 0) is 14.8 Å². The zero-order valence-corrected chi connectivity index (χ0v) is 13.9. The fourth-order valence-electron chi connectivity index (χ4n) is 2.94. The van der Waals surface area contributed by atoms with Crippen LogP contribution in [0.15, 0.2) is 32.3 Å². The average Bonchev–Trinajstić information content (AvgIpc) is 2.83. The summed E-state index contributed by atoms with van der Waals surface area (Å²) in [5, 5.41) is 0. The van der Waals surface area contributed by atoms with E-state index in [0.29, 0.717) is 18.7 Å². The van der Waals surface area contributed by atoms with E-state index in [1.807, 2.05) is 13.8 Å². The first kappa shape index (κ1) is 16.2. The fraction of sp³-hybridized carbons (Fsp3) is 0.533. The summed E-state index contributed by atoms with van der Waals surface area (Å²) in [6.07, 6.45) is 1.64. The Morgan fingerprint density at radius 1 is 1.39 bits per heavy atom. The van der Waals surface area contributed by atoms with E-state index in [4.69, 9.17) is 9.15 Å². The van der Waals surface area contributed by atoms with Crippen molar-refractivity contribution in [3.63, 3.8) is 0 Å². The van der Waals surface area contributed by atoms with Crippen LogP contribution in [0.25, 0.3) is 11.1 Å². The van der Waals surface area contributed by atoms with Crippen LogP contribution in [0.5, 0.6) is 0 Å². The monoisotopic (exact) mass is 340 g/mol. The van der Waals surface area contributed by atoms with Gasteiger partial charge in [-0.2, -0.15) is 0 Å². The maximum absolute atomic E-state index is 12.4. The number of hydrogen-bond acceptors (Lipinski definition) is 5. The third-order valence-electron chi connectivity index (χ3n) is 4.06. The number of hydrogen-bond donors (Lipinski definition) is 2. The molecule has 126 valence electrons. The number of H-pyrrole nitrogens is 1.